The lowest BCUT2D eigenvalue weighted by molar-refractivity contribution is -0.133. The van der Waals surface area contributed by atoms with Gasteiger partial charge < -0.3 is 20.3 Å². The van der Waals surface area contributed by atoms with Crippen LogP contribution in [0, 0.1) is 0 Å². The maximum atomic E-state index is 12.0. The van der Waals surface area contributed by atoms with E-state index in [9.17, 15) is 4.79 Å². The molecule has 2 saturated heterocycles. The number of nitrogens with one attached hydrogen (secondary N) is 1. The molecule has 92 valence electrons. The van der Waals surface area contributed by atoms with Crippen LogP contribution < -0.4 is 5.32 Å². The number of hydrogen-bond acceptors (Lipinski definition) is 4. The van der Waals surface area contributed by atoms with E-state index in [1.165, 1.54) is 0 Å². The fourth-order valence-electron chi connectivity index (χ4n) is 2.47. The Morgan fingerprint density at radius 1 is 1.31 bits per heavy atom. The molecule has 1 amide bonds. The van der Waals surface area contributed by atoms with Gasteiger partial charge in [-0.2, -0.15) is 0 Å². The van der Waals surface area contributed by atoms with Gasteiger partial charge in [-0.25, -0.2) is 0 Å². The van der Waals surface area contributed by atoms with Crippen LogP contribution in [-0.2, 0) is 4.79 Å². The predicted molar refractivity (Wildman–Crippen MR) is 63.2 cm³/mol. The maximum Gasteiger partial charge on any atom is 0.475 e. The van der Waals surface area contributed by atoms with Gasteiger partial charge in [-0.1, -0.05) is 0 Å². The van der Waals surface area contributed by atoms with Crippen molar-refractivity contribution in [2.45, 2.75) is 37.7 Å². The Morgan fingerprint density at radius 2 is 2.06 bits per heavy atom. The molecule has 2 heterocycles. The van der Waals surface area contributed by atoms with Crippen LogP contribution in [0.5, 0.6) is 0 Å². The monoisotopic (exact) mass is 248 g/mol. The lowest BCUT2D eigenvalue weighted by Gasteiger charge is -2.26. The van der Waals surface area contributed by atoms with Gasteiger partial charge in [0.1, 0.15) is 0 Å². The van der Waals surface area contributed by atoms with E-state index in [4.69, 9.17) is 10.0 Å². The average Bonchev–Trinajstić information content (AvgIpc) is 2.88. The third-order valence-corrected chi connectivity index (χ3v) is 3.28. The van der Waals surface area contributed by atoms with Crippen molar-refractivity contribution in [1.82, 2.24) is 10.2 Å². The van der Waals surface area contributed by atoms with Crippen LogP contribution in [0.25, 0.3) is 0 Å². The van der Waals surface area contributed by atoms with Gasteiger partial charge in [0.25, 0.3) is 0 Å². The van der Waals surface area contributed by atoms with Gasteiger partial charge in [0.15, 0.2) is 0 Å². The van der Waals surface area contributed by atoms with E-state index in [-0.39, 0.29) is 24.4 Å². The quantitative estimate of drug-likeness (QED) is 0.558. The normalized spacial score (nSPS) is 29.0. The maximum absolute atomic E-state index is 12.0. The summed E-state index contributed by atoms with van der Waals surface area (Å²) in [4.78, 5) is 13.6. The lowest BCUT2D eigenvalue weighted by atomic mass is 9.77. The number of carbonyl (C=O) groups is 1. The van der Waals surface area contributed by atoms with E-state index in [0.717, 1.165) is 25.8 Å². The molecule has 2 atom stereocenters. The molecule has 0 spiro atoms. The molecule has 0 radical (unpaired) electrons. The summed E-state index contributed by atoms with van der Waals surface area (Å²) in [6.45, 7) is 1.54. The standard InChI is InChI=1S/C9H17BN2O3.ClH/c13-9(7-3-1-5-11-7)12-6-2-4-8(12)10(14)15;/h7-8,11,14-15H,1-6H2;1H/t7-,8-;/m0./s1. The molecule has 2 rings (SSSR count). The first-order valence-electron chi connectivity index (χ1n) is 5.60. The minimum Gasteiger partial charge on any atom is -0.426 e. The van der Waals surface area contributed by atoms with Crippen molar-refractivity contribution in [2.75, 3.05) is 13.1 Å². The van der Waals surface area contributed by atoms with Gasteiger partial charge >= 0.3 is 7.12 Å². The van der Waals surface area contributed by atoms with Crippen LogP contribution in [0.3, 0.4) is 0 Å². The fraction of sp³-hybridized carbons (Fsp3) is 0.889. The Labute approximate surface area is 102 Å². The van der Waals surface area contributed by atoms with E-state index in [1.807, 2.05) is 0 Å². The molecular weight excluding hydrogens is 230 g/mol. The van der Waals surface area contributed by atoms with Crippen LogP contribution in [0.2, 0.25) is 0 Å². The lowest BCUT2D eigenvalue weighted by Crippen LogP contribution is -2.51. The molecule has 0 aromatic heterocycles. The summed E-state index contributed by atoms with van der Waals surface area (Å²) >= 11 is 0. The van der Waals surface area contributed by atoms with Gasteiger partial charge in [-0.05, 0) is 32.2 Å². The number of carbonyl (C=O) groups excluding carboxylic acids is 1. The summed E-state index contributed by atoms with van der Waals surface area (Å²) < 4.78 is 0. The SMILES string of the molecule is Cl.O=C([C@@H]1CCCN1)N1CCC[C@H]1B(O)O. The average molecular weight is 249 g/mol. The summed E-state index contributed by atoms with van der Waals surface area (Å²) in [5, 5.41) is 21.4. The third-order valence-electron chi connectivity index (χ3n) is 3.28. The van der Waals surface area contributed by atoms with Gasteiger partial charge in [-0.15, -0.1) is 12.4 Å². The van der Waals surface area contributed by atoms with Crippen molar-refractivity contribution in [2.24, 2.45) is 0 Å². The van der Waals surface area contributed by atoms with E-state index < -0.39 is 13.1 Å². The summed E-state index contributed by atoms with van der Waals surface area (Å²) in [6, 6.07) is -0.107. The highest BCUT2D eigenvalue weighted by atomic mass is 35.5. The molecule has 7 heteroatoms. The molecule has 2 aliphatic heterocycles. The second-order valence-electron chi connectivity index (χ2n) is 4.30. The van der Waals surface area contributed by atoms with Crippen molar-refractivity contribution in [3.05, 3.63) is 0 Å². The number of likely N-dealkylation sites (tertiary alicyclic amines) is 1. The topological polar surface area (TPSA) is 72.8 Å². The minimum atomic E-state index is -1.40. The highest BCUT2D eigenvalue weighted by Crippen LogP contribution is 2.20. The van der Waals surface area contributed by atoms with Gasteiger partial charge in [0.2, 0.25) is 5.91 Å². The molecule has 0 aromatic carbocycles. The largest absolute Gasteiger partial charge is 0.475 e. The van der Waals surface area contributed by atoms with E-state index >= 15 is 0 Å². The zero-order valence-corrected chi connectivity index (χ0v) is 9.95. The van der Waals surface area contributed by atoms with Gasteiger partial charge in [-0.3, -0.25) is 4.79 Å². The second-order valence-corrected chi connectivity index (χ2v) is 4.30. The van der Waals surface area contributed by atoms with Crippen LogP contribution in [-0.4, -0.2) is 53.0 Å². The van der Waals surface area contributed by atoms with Crippen molar-refractivity contribution >= 4 is 25.4 Å². The van der Waals surface area contributed by atoms with E-state index in [2.05, 4.69) is 5.32 Å². The van der Waals surface area contributed by atoms with Crippen LogP contribution in [0.1, 0.15) is 25.7 Å². The summed E-state index contributed by atoms with van der Waals surface area (Å²) in [6.07, 6.45) is 3.44. The highest BCUT2D eigenvalue weighted by Gasteiger charge is 2.39. The van der Waals surface area contributed by atoms with Crippen LogP contribution in [0.15, 0.2) is 0 Å². The molecule has 0 bridgehead atoms. The third kappa shape index (κ3) is 2.68. The first-order chi connectivity index (χ1) is 7.20. The second kappa shape index (κ2) is 5.86. The summed E-state index contributed by atoms with van der Waals surface area (Å²) in [5.74, 6) is -0.372. The molecule has 0 aromatic rings. The van der Waals surface area contributed by atoms with Crippen molar-refractivity contribution < 1.29 is 14.8 Å². The minimum absolute atomic E-state index is 0. The first kappa shape index (κ1) is 13.8. The molecular formula is C9H18BClN2O3. The van der Waals surface area contributed by atoms with Crippen LogP contribution >= 0.6 is 12.4 Å². The number of nitrogens with zero attached hydrogens (tertiary/aromatic N) is 1. The number of hydrogen-bond donors (Lipinski definition) is 3. The molecule has 2 fully saturated rings. The smallest absolute Gasteiger partial charge is 0.426 e. The van der Waals surface area contributed by atoms with Crippen molar-refractivity contribution in [3.8, 4) is 0 Å². The molecule has 16 heavy (non-hydrogen) atoms. The predicted octanol–water partition coefficient (Wildman–Crippen LogP) is -0.837. The van der Waals surface area contributed by atoms with Crippen molar-refractivity contribution in [3.63, 3.8) is 0 Å². The number of amides is 1. The first-order valence-corrected chi connectivity index (χ1v) is 5.60. The summed E-state index contributed by atoms with van der Waals surface area (Å²) in [5.41, 5.74) is 0. The molecule has 0 unspecified atom stereocenters. The Bertz CT molecular complexity index is 249. The Hall–Kier alpha value is -0.295. The molecule has 0 saturated carbocycles. The number of halogens is 1. The fourth-order valence-corrected chi connectivity index (χ4v) is 2.47. The highest BCUT2D eigenvalue weighted by molar-refractivity contribution is 6.43. The molecule has 3 N–H and O–H groups in total. The Balaban J connectivity index is 0.00000128. The molecule has 5 nitrogen and oxygen atoms in total. The summed E-state index contributed by atoms with van der Waals surface area (Å²) in [7, 11) is -1.40. The van der Waals surface area contributed by atoms with Crippen LogP contribution in [0.4, 0.5) is 0 Å². The van der Waals surface area contributed by atoms with Crippen molar-refractivity contribution in [1.29, 1.82) is 0 Å². The molecule has 2 aliphatic rings. The Kier molecular flexibility index (Phi) is 5.05. The zero-order chi connectivity index (χ0) is 10.8. The zero-order valence-electron chi connectivity index (χ0n) is 9.13. The van der Waals surface area contributed by atoms with E-state index in [0.29, 0.717) is 13.0 Å². The van der Waals surface area contributed by atoms with Gasteiger partial charge in [0, 0.05) is 6.54 Å². The number of rotatable bonds is 2. The molecule has 0 aliphatic carbocycles. The van der Waals surface area contributed by atoms with Gasteiger partial charge in [0.05, 0.1) is 12.0 Å². The van der Waals surface area contributed by atoms with E-state index in [1.54, 1.807) is 4.90 Å². The Morgan fingerprint density at radius 3 is 2.62 bits per heavy atom.